The monoisotopic (exact) mass is 538 g/mol. The van der Waals surface area contributed by atoms with Gasteiger partial charge in [0.2, 0.25) is 0 Å². The van der Waals surface area contributed by atoms with Gasteiger partial charge in [-0.3, -0.25) is 4.79 Å². The van der Waals surface area contributed by atoms with Crippen LogP contribution in [0.3, 0.4) is 0 Å². The second-order valence-corrected chi connectivity index (χ2v) is 10.3. The number of aliphatic hydroxyl groups is 2. The van der Waals surface area contributed by atoms with Crippen molar-refractivity contribution in [3.8, 4) is 33.8 Å². The van der Waals surface area contributed by atoms with Gasteiger partial charge < -0.3 is 24.4 Å². The van der Waals surface area contributed by atoms with Crippen molar-refractivity contribution in [2.45, 2.75) is 46.5 Å². The average molecular weight is 539 g/mol. The van der Waals surface area contributed by atoms with E-state index in [0.717, 1.165) is 61.4 Å². The lowest BCUT2D eigenvalue weighted by Crippen LogP contribution is -2.21. The van der Waals surface area contributed by atoms with Crippen molar-refractivity contribution in [1.29, 1.82) is 0 Å². The van der Waals surface area contributed by atoms with Gasteiger partial charge in [-0.2, -0.15) is 0 Å². The number of benzene rings is 4. The molecule has 0 amide bonds. The van der Waals surface area contributed by atoms with Crippen LogP contribution < -0.4 is 9.47 Å². The van der Waals surface area contributed by atoms with E-state index in [0.29, 0.717) is 12.4 Å². The van der Waals surface area contributed by atoms with E-state index in [1.165, 1.54) is 6.92 Å². The number of carbonyl (C=O) groups excluding carboxylic acids is 1. The van der Waals surface area contributed by atoms with Crippen molar-refractivity contribution in [2.75, 3.05) is 13.2 Å². The standard InChI is InChI=1S/C34H34O6/c1-20-14-27(39-19-25(37)17-35)15-21(2)33(20)28-11-7-8-24(22(28)3)18-38-26-12-13-31-32(16-26)29-9-5-6-10-30(29)34(31)40-23(4)36/h5-16,25,34-35,37H,17-19H2,1-4H3/t25-,34?/m1/s1. The predicted octanol–water partition coefficient (Wildman–Crippen LogP) is 6.22. The maximum Gasteiger partial charge on any atom is 0.303 e. The molecule has 0 spiro atoms. The van der Waals surface area contributed by atoms with Crippen molar-refractivity contribution < 1.29 is 29.2 Å². The van der Waals surface area contributed by atoms with Gasteiger partial charge >= 0.3 is 5.97 Å². The molecule has 6 nitrogen and oxygen atoms in total. The summed E-state index contributed by atoms with van der Waals surface area (Å²) in [6.07, 6.45) is -1.31. The Bertz CT molecular complexity index is 1530. The van der Waals surface area contributed by atoms with Crippen molar-refractivity contribution in [1.82, 2.24) is 0 Å². The van der Waals surface area contributed by atoms with E-state index in [-0.39, 0.29) is 19.2 Å². The molecule has 0 radical (unpaired) electrons. The molecule has 0 aliphatic heterocycles. The van der Waals surface area contributed by atoms with Crippen LogP contribution in [-0.2, 0) is 16.1 Å². The molecule has 4 aromatic carbocycles. The van der Waals surface area contributed by atoms with Gasteiger partial charge in [0.05, 0.1) is 6.61 Å². The third-order valence-corrected chi connectivity index (χ3v) is 7.39. The van der Waals surface area contributed by atoms with E-state index in [4.69, 9.17) is 19.3 Å². The van der Waals surface area contributed by atoms with Crippen LogP contribution in [0.4, 0.5) is 0 Å². The fourth-order valence-electron chi connectivity index (χ4n) is 5.47. The molecule has 2 N–H and O–H groups in total. The smallest absolute Gasteiger partial charge is 0.303 e. The molecule has 0 fully saturated rings. The molecule has 0 saturated carbocycles. The number of carbonyl (C=O) groups is 1. The van der Waals surface area contributed by atoms with E-state index in [1.807, 2.05) is 74.5 Å². The number of aryl methyl sites for hydroxylation is 2. The second kappa shape index (κ2) is 11.5. The fraction of sp³-hybridized carbons (Fsp3) is 0.265. The first-order valence-electron chi connectivity index (χ1n) is 13.4. The summed E-state index contributed by atoms with van der Waals surface area (Å²) >= 11 is 0. The van der Waals surface area contributed by atoms with Crippen molar-refractivity contribution in [2.24, 2.45) is 0 Å². The molecule has 40 heavy (non-hydrogen) atoms. The minimum atomic E-state index is -0.907. The highest BCUT2D eigenvalue weighted by atomic mass is 16.5. The number of hydrogen-bond acceptors (Lipinski definition) is 6. The van der Waals surface area contributed by atoms with Crippen LogP contribution >= 0.6 is 0 Å². The molecule has 0 saturated heterocycles. The van der Waals surface area contributed by atoms with Gasteiger partial charge in [0.1, 0.15) is 30.8 Å². The first-order chi connectivity index (χ1) is 19.3. The zero-order valence-corrected chi connectivity index (χ0v) is 23.2. The summed E-state index contributed by atoms with van der Waals surface area (Å²) < 4.78 is 17.6. The quantitative estimate of drug-likeness (QED) is 0.246. The Morgan fingerprint density at radius 1 is 0.825 bits per heavy atom. The van der Waals surface area contributed by atoms with Crippen LogP contribution in [0.15, 0.2) is 72.8 Å². The summed E-state index contributed by atoms with van der Waals surface area (Å²) in [6, 6.07) is 24.1. The topological polar surface area (TPSA) is 85.2 Å². The number of hydrogen-bond donors (Lipinski definition) is 2. The molecule has 0 bridgehead atoms. The Labute approximate surface area is 234 Å². The lowest BCUT2D eigenvalue weighted by Gasteiger charge is -2.18. The van der Waals surface area contributed by atoms with Gasteiger partial charge in [-0.25, -0.2) is 0 Å². The van der Waals surface area contributed by atoms with Crippen molar-refractivity contribution >= 4 is 5.97 Å². The molecule has 206 valence electrons. The Morgan fingerprint density at radius 3 is 2.25 bits per heavy atom. The number of ether oxygens (including phenoxy) is 3. The fourth-order valence-corrected chi connectivity index (χ4v) is 5.47. The molecule has 1 aliphatic carbocycles. The Kier molecular flexibility index (Phi) is 7.92. The van der Waals surface area contributed by atoms with Crippen LogP contribution in [0.2, 0.25) is 0 Å². The highest BCUT2D eigenvalue weighted by Crippen LogP contribution is 2.46. The van der Waals surface area contributed by atoms with Gasteiger partial charge in [-0.1, -0.05) is 48.5 Å². The highest BCUT2D eigenvalue weighted by molar-refractivity contribution is 5.81. The molecule has 0 heterocycles. The highest BCUT2D eigenvalue weighted by Gasteiger charge is 2.31. The van der Waals surface area contributed by atoms with Crippen LogP contribution in [0.25, 0.3) is 22.3 Å². The third-order valence-electron chi connectivity index (χ3n) is 7.39. The largest absolute Gasteiger partial charge is 0.491 e. The lowest BCUT2D eigenvalue weighted by atomic mass is 9.90. The second-order valence-electron chi connectivity index (χ2n) is 10.3. The maximum absolute atomic E-state index is 11.8. The number of esters is 1. The van der Waals surface area contributed by atoms with Gasteiger partial charge in [-0.05, 0) is 89.5 Å². The third kappa shape index (κ3) is 5.46. The molecular formula is C34H34O6. The molecule has 6 heteroatoms. The maximum atomic E-state index is 11.8. The summed E-state index contributed by atoms with van der Waals surface area (Å²) in [5, 5.41) is 18.7. The number of fused-ring (bicyclic) bond motifs is 3. The molecule has 0 aromatic heterocycles. The zero-order chi connectivity index (χ0) is 28.4. The summed E-state index contributed by atoms with van der Waals surface area (Å²) in [5.41, 5.74) is 10.6. The first kappa shape index (κ1) is 27.4. The summed E-state index contributed by atoms with van der Waals surface area (Å²) in [4.78, 5) is 11.8. The molecule has 2 atom stereocenters. The van der Waals surface area contributed by atoms with Crippen LogP contribution in [0.1, 0.15) is 46.4 Å². The van der Waals surface area contributed by atoms with Crippen molar-refractivity contribution in [3.05, 3.63) is 106 Å². The molecular weight excluding hydrogens is 504 g/mol. The summed E-state index contributed by atoms with van der Waals surface area (Å²) in [7, 11) is 0. The van der Waals surface area contributed by atoms with E-state index in [9.17, 15) is 9.90 Å². The summed E-state index contributed by atoms with van der Waals surface area (Å²) in [5.74, 6) is 1.11. The minimum absolute atomic E-state index is 0.0409. The van der Waals surface area contributed by atoms with Gasteiger partial charge in [0.25, 0.3) is 0 Å². The van der Waals surface area contributed by atoms with Crippen LogP contribution in [0, 0.1) is 20.8 Å². The van der Waals surface area contributed by atoms with Gasteiger partial charge in [0, 0.05) is 18.1 Å². The Balaban J connectivity index is 1.37. The minimum Gasteiger partial charge on any atom is -0.491 e. The Hall–Kier alpha value is -4.13. The number of rotatable bonds is 9. The van der Waals surface area contributed by atoms with Gasteiger partial charge in [-0.15, -0.1) is 0 Å². The molecule has 5 rings (SSSR count). The molecule has 1 aliphatic rings. The predicted molar refractivity (Wildman–Crippen MR) is 154 cm³/mol. The lowest BCUT2D eigenvalue weighted by molar-refractivity contribution is -0.144. The van der Waals surface area contributed by atoms with Crippen LogP contribution in [0.5, 0.6) is 11.5 Å². The zero-order valence-electron chi connectivity index (χ0n) is 23.2. The van der Waals surface area contributed by atoms with E-state index >= 15 is 0 Å². The van der Waals surface area contributed by atoms with Crippen molar-refractivity contribution in [3.63, 3.8) is 0 Å². The normalized spacial score (nSPS) is 14.3. The number of aliphatic hydroxyl groups excluding tert-OH is 2. The van der Waals surface area contributed by atoms with E-state index in [2.05, 4.69) is 19.1 Å². The Morgan fingerprint density at radius 2 is 1.52 bits per heavy atom. The first-order valence-corrected chi connectivity index (χ1v) is 13.4. The van der Waals surface area contributed by atoms with E-state index in [1.54, 1.807) is 0 Å². The van der Waals surface area contributed by atoms with Crippen LogP contribution in [-0.4, -0.2) is 35.5 Å². The average Bonchev–Trinajstić information content (AvgIpc) is 3.24. The van der Waals surface area contributed by atoms with E-state index < -0.39 is 12.2 Å². The molecule has 4 aromatic rings. The van der Waals surface area contributed by atoms with Gasteiger partial charge in [0.15, 0.2) is 6.10 Å². The molecule has 1 unspecified atom stereocenters. The summed E-state index contributed by atoms with van der Waals surface area (Å²) in [6.45, 7) is 7.75. The SMILES string of the molecule is CC(=O)OC1c2ccccc2-c2cc(OCc3cccc(-c4c(C)cc(OC[C@H](O)CO)cc4C)c3C)ccc21.